The number of halogens is 1. The molecule has 0 atom stereocenters. The van der Waals surface area contributed by atoms with Gasteiger partial charge in [-0.15, -0.1) is 0 Å². The van der Waals surface area contributed by atoms with Gasteiger partial charge in [-0.05, 0) is 54.7 Å². The summed E-state index contributed by atoms with van der Waals surface area (Å²) in [6.45, 7) is 1.91. The molecule has 0 spiro atoms. The highest BCUT2D eigenvalue weighted by Crippen LogP contribution is 2.30. The van der Waals surface area contributed by atoms with Crippen molar-refractivity contribution in [2.75, 3.05) is 43.4 Å². The second-order valence-corrected chi connectivity index (χ2v) is 12.3. The van der Waals surface area contributed by atoms with Gasteiger partial charge in [0, 0.05) is 36.9 Å². The quantitative estimate of drug-likeness (QED) is 0.420. The fourth-order valence-corrected chi connectivity index (χ4v) is 6.78. The molecule has 0 unspecified atom stereocenters. The molecule has 1 aliphatic heterocycles. The molecule has 1 aliphatic carbocycles. The lowest BCUT2D eigenvalue weighted by atomic mass is 10.1. The first kappa shape index (κ1) is 26.5. The highest BCUT2D eigenvalue weighted by atomic mass is 35.5. The fraction of sp³-hybridized carbons (Fsp3) is 0.407. The zero-order chi connectivity index (χ0) is 26.7. The molecule has 2 N–H and O–H groups in total. The minimum absolute atomic E-state index is 0.0831. The summed E-state index contributed by atoms with van der Waals surface area (Å²) >= 11 is 6.15. The van der Waals surface area contributed by atoms with Crippen LogP contribution in [0.5, 0.6) is 5.75 Å². The van der Waals surface area contributed by atoms with Crippen molar-refractivity contribution in [1.82, 2.24) is 14.1 Å². The van der Waals surface area contributed by atoms with Gasteiger partial charge in [-0.2, -0.15) is 14.1 Å². The van der Waals surface area contributed by atoms with Gasteiger partial charge in [-0.1, -0.05) is 42.6 Å². The first-order valence-electron chi connectivity index (χ1n) is 12.9. The van der Waals surface area contributed by atoms with Crippen LogP contribution in [0.3, 0.4) is 0 Å². The Hall–Kier alpha value is -3.08. The maximum Gasteiger partial charge on any atom is 0.316 e. The largest absolute Gasteiger partial charge is 0.486 e. The molecule has 2 aliphatic rings. The third-order valence-corrected chi connectivity index (χ3v) is 9.29. The number of nitrogens with two attached hydrogens (primary N) is 1. The molecule has 3 aromatic rings. The molecular weight excluding hydrogens is 526 g/mol. The second-order valence-electron chi connectivity index (χ2n) is 9.90. The van der Waals surface area contributed by atoms with Crippen LogP contribution < -0.4 is 20.9 Å². The molecule has 202 valence electrons. The number of benzene rings is 2. The van der Waals surface area contributed by atoms with Crippen molar-refractivity contribution in [1.29, 1.82) is 0 Å². The molecule has 1 aromatic heterocycles. The molecule has 2 aromatic carbocycles. The van der Waals surface area contributed by atoms with Crippen LogP contribution in [0.4, 0.5) is 11.4 Å². The van der Waals surface area contributed by atoms with Crippen LogP contribution in [0.15, 0.2) is 59.5 Å². The number of nitrogen functional groups attached to an aromatic ring is 1. The Morgan fingerprint density at radius 1 is 1.03 bits per heavy atom. The molecule has 1 saturated heterocycles. The topological polar surface area (TPSA) is 111 Å². The number of hydrogen-bond donors (Lipinski definition) is 1. The van der Waals surface area contributed by atoms with Crippen molar-refractivity contribution in [2.24, 2.45) is 5.92 Å². The maximum absolute atomic E-state index is 13.6. The standard InChI is InChI=1S/C27H32ClN5O4S/c28-22-6-3-7-24(16-22)33-27(34)26(37-18-20-4-1-2-5-20)25(17-30-33)31-12-14-32(15-13-31)38(35,36)19-21-8-10-23(29)11-9-21/h3,6-11,16-17,20H,1-2,4-5,12-15,18-19,29H2. The summed E-state index contributed by atoms with van der Waals surface area (Å²) in [5.41, 5.74) is 7.79. The van der Waals surface area contributed by atoms with Gasteiger partial charge in [0.25, 0.3) is 0 Å². The van der Waals surface area contributed by atoms with Crippen molar-refractivity contribution >= 4 is 33.0 Å². The van der Waals surface area contributed by atoms with Crippen LogP contribution in [0.2, 0.25) is 5.02 Å². The van der Waals surface area contributed by atoms with E-state index in [2.05, 4.69) is 5.10 Å². The van der Waals surface area contributed by atoms with E-state index in [-0.39, 0.29) is 17.1 Å². The summed E-state index contributed by atoms with van der Waals surface area (Å²) in [7, 11) is -3.50. The summed E-state index contributed by atoms with van der Waals surface area (Å²) < 4.78 is 35.1. The van der Waals surface area contributed by atoms with E-state index in [1.54, 1.807) is 54.7 Å². The minimum atomic E-state index is -3.50. The van der Waals surface area contributed by atoms with Crippen molar-refractivity contribution in [3.05, 3.63) is 75.7 Å². The molecule has 0 amide bonds. The molecule has 1 saturated carbocycles. The van der Waals surface area contributed by atoms with Gasteiger partial charge in [0.05, 0.1) is 24.2 Å². The summed E-state index contributed by atoms with van der Waals surface area (Å²) in [5, 5.41) is 4.92. The average molecular weight is 558 g/mol. The fourth-order valence-electron chi connectivity index (χ4n) is 5.08. The molecule has 0 radical (unpaired) electrons. The Kier molecular flexibility index (Phi) is 7.92. The summed E-state index contributed by atoms with van der Waals surface area (Å²) in [5.74, 6) is 0.579. The Morgan fingerprint density at radius 3 is 2.42 bits per heavy atom. The Balaban J connectivity index is 1.36. The lowest BCUT2D eigenvalue weighted by Crippen LogP contribution is -2.49. The van der Waals surface area contributed by atoms with E-state index in [1.807, 2.05) is 4.90 Å². The third kappa shape index (κ3) is 5.98. The number of hydrogen-bond acceptors (Lipinski definition) is 7. The van der Waals surface area contributed by atoms with Gasteiger partial charge < -0.3 is 15.4 Å². The SMILES string of the molecule is Nc1ccc(CS(=O)(=O)N2CCN(c3cnn(-c4cccc(Cl)c4)c(=O)c3OCC3CCCC3)CC2)cc1. The molecule has 2 heterocycles. The van der Waals surface area contributed by atoms with Gasteiger partial charge >= 0.3 is 5.56 Å². The number of piperazine rings is 1. The number of nitrogens with zero attached hydrogens (tertiary/aromatic N) is 4. The monoisotopic (exact) mass is 557 g/mol. The van der Waals surface area contributed by atoms with Crippen LogP contribution in [0, 0.1) is 5.92 Å². The third-order valence-electron chi connectivity index (χ3n) is 7.21. The van der Waals surface area contributed by atoms with Gasteiger partial charge in [-0.3, -0.25) is 4.79 Å². The molecule has 38 heavy (non-hydrogen) atoms. The normalized spacial score (nSPS) is 17.1. The van der Waals surface area contributed by atoms with E-state index >= 15 is 0 Å². The average Bonchev–Trinajstić information content (AvgIpc) is 3.43. The van der Waals surface area contributed by atoms with Crippen molar-refractivity contribution < 1.29 is 13.2 Å². The maximum atomic E-state index is 13.6. The number of ether oxygens (including phenoxy) is 1. The van der Waals surface area contributed by atoms with Gasteiger partial charge in [-0.25, -0.2) is 8.42 Å². The Labute approximate surface area is 227 Å². The van der Waals surface area contributed by atoms with Gasteiger partial charge in [0.1, 0.15) is 5.69 Å². The van der Waals surface area contributed by atoms with Crippen LogP contribution in [0.25, 0.3) is 5.69 Å². The van der Waals surface area contributed by atoms with Crippen LogP contribution in [-0.2, 0) is 15.8 Å². The van der Waals surface area contributed by atoms with E-state index in [1.165, 1.54) is 21.8 Å². The van der Waals surface area contributed by atoms with Crippen LogP contribution in [-0.4, -0.2) is 55.3 Å². The first-order chi connectivity index (χ1) is 18.3. The molecule has 0 bridgehead atoms. The van der Waals surface area contributed by atoms with Crippen molar-refractivity contribution in [2.45, 2.75) is 31.4 Å². The summed E-state index contributed by atoms with van der Waals surface area (Å²) in [4.78, 5) is 15.6. The first-order valence-corrected chi connectivity index (χ1v) is 14.9. The van der Waals surface area contributed by atoms with E-state index in [4.69, 9.17) is 22.1 Å². The lowest BCUT2D eigenvalue weighted by molar-refractivity contribution is 0.247. The Morgan fingerprint density at radius 2 is 1.74 bits per heavy atom. The summed E-state index contributed by atoms with van der Waals surface area (Å²) in [6.07, 6.45) is 6.17. The zero-order valence-electron chi connectivity index (χ0n) is 21.1. The van der Waals surface area contributed by atoms with E-state index in [0.717, 1.165) is 12.8 Å². The highest BCUT2D eigenvalue weighted by Gasteiger charge is 2.30. The molecule has 5 rings (SSSR count). The number of aromatic nitrogens is 2. The number of sulfonamides is 1. The van der Waals surface area contributed by atoms with Crippen molar-refractivity contribution in [3.8, 4) is 11.4 Å². The number of anilines is 2. The molecule has 11 heteroatoms. The minimum Gasteiger partial charge on any atom is -0.486 e. The zero-order valence-corrected chi connectivity index (χ0v) is 22.7. The van der Waals surface area contributed by atoms with Gasteiger partial charge in [0.15, 0.2) is 0 Å². The smallest absolute Gasteiger partial charge is 0.316 e. The highest BCUT2D eigenvalue weighted by molar-refractivity contribution is 7.88. The van der Waals surface area contributed by atoms with E-state index in [0.29, 0.717) is 66.4 Å². The Bertz CT molecular complexity index is 1430. The molecular formula is C27H32ClN5O4S. The second kappa shape index (κ2) is 11.3. The predicted octanol–water partition coefficient (Wildman–Crippen LogP) is 3.69. The summed E-state index contributed by atoms with van der Waals surface area (Å²) in [6, 6.07) is 13.8. The van der Waals surface area contributed by atoms with E-state index in [9.17, 15) is 13.2 Å². The number of rotatable bonds is 8. The van der Waals surface area contributed by atoms with Crippen LogP contribution in [0.1, 0.15) is 31.2 Å². The van der Waals surface area contributed by atoms with Gasteiger partial charge in [0.2, 0.25) is 15.8 Å². The molecule has 2 fully saturated rings. The molecule has 9 nitrogen and oxygen atoms in total. The van der Waals surface area contributed by atoms with Crippen molar-refractivity contribution in [3.63, 3.8) is 0 Å². The van der Waals surface area contributed by atoms with Crippen LogP contribution >= 0.6 is 11.6 Å². The van der Waals surface area contributed by atoms with E-state index < -0.39 is 10.0 Å². The lowest BCUT2D eigenvalue weighted by Gasteiger charge is -2.35. The predicted molar refractivity (Wildman–Crippen MR) is 150 cm³/mol.